The van der Waals surface area contributed by atoms with Crippen LogP contribution >= 0.6 is 11.3 Å². The van der Waals surface area contributed by atoms with Gasteiger partial charge in [0.05, 0.1) is 12.6 Å². The number of thiazole rings is 1. The molecule has 0 saturated heterocycles. The number of nitrogens with one attached hydrogen (secondary N) is 1. The zero-order valence-corrected chi connectivity index (χ0v) is 12.0. The van der Waals surface area contributed by atoms with Crippen LogP contribution in [0.3, 0.4) is 0 Å². The molecule has 4 N–H and O–H groups in total. The Bertz CT molecular complexity index is 580. The number of carbonyl (C=O) groups is 1. The van der Waals surface area contributed by atoms with Gasteiger partial charge in [-0.15, -0.1) is 11.3 Å². The first-order chi connectivity index (χ1) is 9.54. The van der Waals surface area contributed by atoms with Crippen LogP contribution in [0, 0.1) is 6.92 Å². The van der Waals surface area contributed by atoms with Gasteiger partial charge >= 0.3 is 0 Å². The van der Waals surface area contributed by atoms with Crippen molar-refractivity contribution in [2.75, 3.05) is 0 Å². The topological polar surface area (TPSA) is 88.2 Å². The summed E-state index contributed by atoms with van der Waals surface area (Å²) in [5.41, 5.74) is 6.78. The standard InChI is InChI=1S/C14H17N3O2S/c1-9-7-16-13(20-9)8-17-14(19)12(15)6-10-2-4-11(18)5-3-10/h2-5,7,12,18H,6,8,15H2,1H3,(H,17,19)/t12-/m1/s1. The number of amides is 1. The maximum absolute atomic E-state index is 11.9. The summed E-state index contributed by atoms with van der Waals surface area (Å²) in [5.74, 6) is -0.00293. The van der Waals surface area contributed by atoms with E-state index in [1.54, 1.807) is 41.8 Å². The van der Waals surface area contributed by atoms with E-state index in [1.807, 2.05) is 6.92 Å². The van der Waals surface area contributed by atoms with Gasteiger partial charge in [0.15, 0.2) is 0 Å². The second kappa shape index (κ2) is 6.49. The number of benzene rings is 1. The van der Waals surface area contributed by atoms with Gasteiger partial charge in [-0.05, 0) is 31.0 Å². The van der Waals surface area contributed by atoms with E-state index in [-0.39, 0.29) is 11.7 Å². The second-order valence-electron chi connectivity index (χ2n) is 4.56. The molecule has 20 heavy (non-hydrogen) atoms. The normalized spacial score (nSPS) is 12.1. The van der Waals surface area contributed by atoms with Crippen molar-refractivity contribution in [3.8, 4) is 5.75 Å². The highest BCUT2D eigenvalue weighted by Gasteiger charge is 2.14. The highest BCUT2D eigenvalue weighted by molar-refractivity contribution is 7.11. The zero-order valence-electron chi connectivity index (χ0n) is 11.2. The minimum atomic E-state index is -0.611. The van der Waals surface area contributed by atoms with Gasteiger partial charge in [-0.3, -0.25) is 4.79 Å². The Labute approximate surface area is 121 Å². The average Bonchev–Trinajstić information content (AvgIpc) is 2.84. The molecular formula is C14H17N3O2S. The predicted molar refractivity (Wildman–Crippen MR) is 78.5 cm³/mol. The summed E-state index contributed by atoms with van der Waals surface area (Å²) in [6, 6.07) is 6.07. The van der Waals surface area contributed by atoms with Gasteiger partial charge in [0.1, 0.15) is 10.8 Å². The van der Waals surface area contributed by atoms with Gasteiger partial charge < -0.3 is 16.2 Å². The largest absolute Gasteiger partial charge is 0.508 e. The van der Waals surface area contributed by atoms with Gasteiger partial charge in [0.2, 0.25) is 5.91 Å². The van der Waals surface area contributed by atoms with Crippen molar-refractivity contribution in [3.63, 3.8) is 0 Å². The van der Waals surface area contributed by atoms with Gasteiger partial charge in [-0.2, -0.15) is 0 Å². The summed E-state index contributed by atoms with van der Waals surface area (Å²) < 4.78 is 0. The van der Waals surface area contributed by atoms with Crippen molar-refractivity contribution in [2.45, 2.75) is 25.9 Å². The van der Waals surface area contributed by atoms with Crippen LogP contribution in [0.5, 0.6) is 5.75 Å². The zero-order chi connectivity index (χ0) is 14.5. The number of phenols is 1. The Balaban J connectivity index is 1.84. The fourth-order valence-electron chi connectivity index (χ4n) is 1.76. The number of nitrogens with two attached hydrogens (primary N) is 1. The first-order valence-corrected chi connectivity index (χ1v) is 7.09. The first kappa shape index (κ1) is 14.5. The summed E-state index contributed by atoms with van der Waals surface area (Å²) in [6.07, 6.45) is 2.21. The van der Waals surface area contributed by atoms with E-state index in [0.717, 1.165) is 15.4 Å². The van der Waals surface area contributed by atoms with Gasteiger partial charge in [-0.25, -0.2) is 4.98 Å². The summed E-state index contributed by atoms with van der Waals surface area (Å²) >= 11 is 1.55. The fraction of sp³-hybridized carbons (Fsp3) is 0.286. The number of nitrogens with zero attached hydrogens (tertiary/aromatic N) is 1. The van der Waals surface area contributed by atoms with Crippen LogP contribution < -0.4 is 11.1 Å². The lowest BCUT2D eigenvalue weighted by molar-refractivity contribution is -0.122. The molecule has 2 aromatic rings. The van der Waals surface area contributed by atoms with Crippen LogP contribution in [-0.2, 0) is 17.8 Å². The first-order valence-electron chi connectivity index (χ1n) is 6.27. The van der Waals surface area contributed by atoms with Crippen LogP contribution in [0.4, 0.5) is 0 Å². The third kappa shape index (κ3) is 4.04. The Morgan fingerprint density at radius 3 is 2.75 bits per heavy atom. The highest BCUT2D eigenvalue weighted by atomic mass is 32.1. The lowest BCUT2D eigenvalue weighted by atomic mass is 10.1. The smallest absolute Gasteiger partial charge is 0.237 e. The fourth-order valence-corrected chi connectivity index (χ4v) is 2.48. The number of hydrogen-bond donors (Lipinski definition) is 3. The lowest BCUT2D eigenvalue weighted by Crippen LogP contribution is -2.41. The quantitative estimate of drug-likeness (QED) is 0.775. The molecule has 2 rings (SSSR count). The van der Waals surface area contributed by atoms with Crippen LogP contribution in [0.25, 0.3) is 0 Å². The summed E-state index contributed by atoms with van der Waals surface area (Å²) in [4.78, 5) is 17.2. The second-order valence-corrected chi connectivity index (χ2v) is 5.88. The Kier molecular flexibility index (Phi) is 4.70. The predicted octanol–water partition coefficient (Wildman–Crippen LogP) is 1.34. The molecule has 0 aliphatic heterocycles. The van der Waals surface area contributed by atoms with Crippen LogP contribution in [0.15, 0.2) is 30.5 Å². The molecule has 6 heteroatoms. The van der Waals surface area contributed by atoms with Crippen LogP contribution in [-0.4, -0.2) is 22.0 Å². The minimum absolute atomic E-state index is 0.200. The van der Waals surface area contributed by atoms with E-state index in [1.165, 1.54) is 0 Å². The monoisotopic (exact) mass is 291 g/mol. The average molecular weight is 291 g/mol. The summed E-state index contributed by atoms with van der Waals surface area (Å²) in [6.45, 7) is 2.38. The molecular weight excluding hydrogens is 274 g/mol. The molecule has 1 amide bonds. The molecule has 106 valence electrons. The van der Waals surface area contributed by atoms with Crippen molar-refractivity contribution in [1.29, 1.82) is 0 Å². The minimum Gasteiger partial charge on any atom is -0.508 e. The molecule has 0 saturated carbocycles. The molecule has 0 aliphatic rings. The third-order valence-electron chi connectivity index (χ3n) is 2.81. The number of rotatable bonds is 5. The number of aryl methyl sites for hydroxylation is 1. The van der Waals surface area contributed by atoms with Crippen LogP contribution in [0.2, 0.25) is 0 Å². The van der Waals surface area contributed by atoms with Gasteiger partial charge in [-0.1, -0.05) is 12.1 Å². The van der Waals surface area contributed by atoms with Crippen molar-refractivity contribution in [2.24, 2.45) is 5.73 Å². The molecule has 0 fully saturated rings. The highest BCUT2D eigenvalue weighted by Crippen LogP contribution is 2.12. The van der Waals surface area contributed by atoms with Crippen molar-refractivity contribution < 1.29 is 9.90 Å². The van der Waals surface area contributed by atoms with Gasteiger partial charge in [0.25, 0.3) is 0 Å². The molecule has 5 nitrogen and oxygen atoms in total. The summed E-state index contributed by atoms with van der Waals surface area (Å²) in [7, 11) is 0. The molecule has 0 aliphatic carbocycles. The number of carbonyl (C=O) groups excluding carboxylic acids is 1. The number of hydrogen-bond acceptors (Lipinski definition) is 5. The molecule has 0 radical (unpaired) electrons. The van der Waals surface area contributed by atoms with E-state index in [0.29, 0.717) is 13.0 Å². The van der Waals surface area contributed by atoms with Crippen LogP contribution in [0.1, 0.15) is 15.4 Å². The lowest BCUT2D eigenvalue weighted by Gasteiger charge is -2.11. The number of aromatic nitrogens is 1. The molecule has 0 unspecified atom stereocenters. The molecule has 0 bridgehead atoms. The number of phenolic OH excluding ortho intramolecular Hbond substituents is 1. The van der Waals surface area contributed by atoms with Crippen molar-refractivity contribution >= 4 is 17.2 Å². The van der Waals surface area contributed by atoms with Crippen molar-refractivity contribution in [1.82, 2.24) is 10.3 Å². The Morgan fingerprint density at radius 1 is 1.45 bits per heavy atom. The number of aromatic hydroxyl groups is 1. The molecule has 1 aromatic heterocycles. The van der Waals surface area contributed by atoms with E-state index in [9.17, 15) is 9.90 Å². The molecule has 0 spiro atoms. The van der Waals surface area contributed by atoms with Gasteiger partial charge in [0, 0.05) is 11.1 Å². The maximum atomic E-state index is 11.9. The summed E-state index contributed by atoms with van der Waals surface area (Å²) in [5, 5.41) is 12.8. The molecule has 1 atom stereocenters. The third-order valence-corrected chi connectivity index (χ3v) is 3.72. The van der Waals surface area contributed by atoms with E-state index < -0.39 is 6.04 Å². The van der Waals surface area contributed by atoms with E-state index >= 15 is 0 Å². The molecule has 1 aromatic carbocycles. The SMILES string of the molecule is Cc1cnc(CNC(=O)[C@H](N)Cc2ccc(O)cc2)s1. The van der Waals surface area contributed by atoms with E-state index in [4.69, 9.17) is 5.73 Å². The maximum Gasteiger partial charge on any atom is 0.237 e. The van der Waals surface area contributed by atoms with E-state index in [2.05, 4.69) is 10.3 Å². The Morgan fingerprint density at radius 2 is 2.15 bits per heavy atom. The Hall–Kier alpha value is -1.92. The van der Waals surface area contributed by atoms with Crippen molar-refractivity contribution in [3.05, 3.63) is 45.9 Å². The molecule has 1 heterocycles.